The molecule has 0 saturated carbocycles. The van der Waals surface area contributed by atoms with E-state index in [1.54, 1.807) is 11.8 Å². The molecule has 1 rings (SSSR count). The second-order valence-corrected chi connectivity index (χ2v) is 4.92. The van der Waals surface area contributed by atoms with Crippen molar-refractivity contribution in [2.75, 3.05) is 12.8 Å². The molecule has 16 heavy (non-hydrogen) atoms. The van der Waals surface area contributed by atoms with E-state index >= 15 is 0 Å². The lowest BCUT2D eigenvalue weighted by atomic mass is 10.1. The summed E-state index contributed by atoms with van der Waals surface area (Å²) in [6, 6.07) is 8.47. The van der Waals surface area contributed by atoms with Gasteiger partial charge < -0.3 is 5.32 Å². The van der Waals surface area contributed by atoms with Crippen molar-refractivity contribution >= 4 is 17.7 Å². The minimum atomic E-state index is 0.0684. The molecule has 0 fully saturated rings. The molecule has 3 heteroatoms. The number of carbonyl (C=O) groups excluding carboxylic acids is 1. The van der Waals surface area contributed by atoms with Crippen molar-refractivity contribution < 1.29 is 4.79 Å². The van der Waals surface area contributed by atoms with Crippen molar-refractivity contribution in [1.29, 1.82) is 0 Å². The molecule has 0 bridgehead atoms. The molecule has 1 aromatic rings. The van der Waals surface area contributed by atoms with Crippen LogP contribution in [0.5, 0.6) is 0 Å². The SMILES string of the molecule is CSc1ccc(CCNC(=O)C(C)C)cc1. The smallest absolute Gasteiger partial charge is 0.222 e. The van der Waals surface area contributed by atoms with Gasteiger partial charge in [0.05, 0.1) is 0 Å². The molecule has 1 aromatic carbocycles. The zero-order valence-corrected chi connectivity index (χ0v) is 10.9. The Hall–Kier alpha value is -0.960. The second-order valence-electron chi connectivity index (χ2n) is 4.04. The molecule has 88 valence electrons. The first kappa shape index (κ1) is 13.1. The van der Waals surface area contributed by atoms with Crippen LogP contribution in [0.1, 0.15) is 19.4 Å². The van der Waals surface area contributed by atoms with Gasteiger partial charge in [0.15, 0.2) is 0 Å². The molecule has 0 heterocycles. The van der Waals surface area contributed by atoms with E-state index in [1.165, 1.54) is 10.5 Å². The summed E-state index contributed by atoms with van der Waals surface area (Å²) >= 11 is 1.74. The summed E-state index contributed by atoms with van der Waals surface area (Å²) in [5.41, 5.74) is 1.27. The molecule has 2 nitrogen and oxygen atoms in total. The molecule has 0 atom stereocenters. The fraction of sp³-hybridized carbons (Fsp3) is 0.462. The van der Waals surface area contributed by atoms with Gasteiger partial charge in [-0.2, -0.15) is 0 Å². The van der Waals surface area contributed by atoms with Crippen LogP contribution >= 0.6 is 11.8 Å². The van der Waals surface area contributed by atoms with Crippen LogP contribution in [-0.4, -0.2) is 18.7 Å². The first-order chi connectivity index (χ1) is 7.63. The standard InChI is InChI=1S/C13H19NOS/c1-10(2)13(15)14-9-8-11-4-6-12(16-3)7-5-11/h4-7,10H,8-9H2,1-3H3,(H,14,15). The highest BCUT2D eigenvalue weighted by molar-refractivity contribution is 7.98. The maximum absolute atomic E-state index is 11.3. The van der Waals surface area contributed by atoms with E-state index in [-0.39, 0.29) is 11.8 Å². The maximum atomic E-state index is 11.3. The number of thioether (sulfide) groups is 1. The van der Waals surface area contributed by atoms with E-state index in [1.807, 2.05) is 13.8 Å². The van der Waals surface area contributed by atoms with Gasteiger partial charge in [0.25, 0.3) is 0 Å². The van der Waals surface area contributed by atoms with E-state index in [2.05, 4.69) is 35.8 Å². The first-order valence-electron chi connectivity index (χ1n) is 5.54. The molecule has 0 aliphatic heterocycles. The topological polar surface area (TPSA) is 29.1 Å². The molecule has 1 N–H and O–H groups in total. The molecule has 0 saturated heterocycles. The van der Waals surface area contributed by atoms with E-state index in [0.717, 1.165) is 13.0 Å². The third-order valence-electron chi connectivity index (χ3n) is 2.40. The predicted molar refractivity (Wildman–Crippen MR) is 69.8 cm³/mol. The van der Waals surface area contributed by atoms with E-state index in [0.29, 0.717) is 0 Å². The second kappa shape index (κ2) is 6.59. The highest BCUT2D eigenvalue weighted by atomic mass is 32.2. The van der Waals surface area contributed by atoms with Crippen molar-refractivity contribution in [3.05, 3.63) is 29.8 Å². The highest BCUT2D eigenvalue weighted by Crippen LogP contribution is 2.14. The average molecular weight is 237 g/mol. The minimum absolute atomic E-state index is 0.0684. The molecule has 0 radical (unpaired) electrons. The molecule has 0 aliphatic carbocycles. The van der Waals surface area contributed by atoms with Crippen molar-refractivity contribution in [2.24, 2.45) is 5.92 Å². The Balaban J connectivity index is 2.34. The number of hydrogen-bond donors (Lipinski definition) is 1. The average Bonchev–Trinajstić information content (AvgIpc) is 2.29. The number of hydrogen-bond acceptors (Lipinski definition) is 2. The molecule has 1 amide bonds. The number of amides is 1. The molecule has 0 aromatic heterocycles. The van der Waals surface area contributed by atoms with Gasteiger partial charge in [0.2, 0.25) is 5.91 Å². The lowest BCUT2D eigenvalue weighted by Crippen LogP contribution is -2.29. The predicted octanol–water partition coefficient (Wildman–Crippen LogP) is 2.72. The summed E-state index contributed by atoms with van der Waals surface area (Å²) in [4.78, 5) is 12.6. The fourth-order valence-electron chi connectivity index (χ4n) is 1.33. The van der Waals surface area contributed by atoms with Crippen LogP contribution in [0.3, 0.4) is 0 Å². The van der Waals surface area contributed by atoms with Crippen LogP contribution in [0, 0.1) is 5.92 Å². The Bertz CT molecular complexity index is 332. The van der Waals surface area contributed by atoms with Gasteiger partial charge in [-0.25, -0.2) is 0 Å². The number of nitrogens with one attached hydrogen (secondary N) is 1. The summed E-state index contributed by atoms with van der Waals surface area (Å²) in [7, 11) is 0. The minimum Gasteiger partial charge on any atom is -0.356 e. The highest BCUT2D eigenvalue weighted by Gasteiger charge is 2.04. The zero-order valence-electron chi connectivity index (χ0n) is 10.1. The lowest BCUT2D eigenvalue weighted by molar-refractivity contribution is -0.123. The molecular weight excluding hydrogens is 218 g/mol. The molecule has 0 aliphatic rings. The van der Waals surface area contributed by atoms with E-state index in [9.17, 15) is 4.79 Å². The van der Waals surface area contributed by atoms with Crippen LogP contribution in [0.15, 0.2) is 29.2 Å². The summed E-state index contributed by atoms with van der Waals surface area (Å²) in [6.45, 7) is 4.53. The summed E-state index contributed by atoms with van der Waals surface area (Å²) in [5.74, 6) is 0.194. The summed E-state index contributed by atoms with van der Waals surface area (Å²) < 4.78 is 0. The summed E-state index contributed by atoms with van der Waals surface area (Å²) in [6.07, 6.45) is 2.96. The fourth-order valence-corrected chi connectivity index (χ4v) is 1.73. The van der Waals surface area contributed by atoms with Crippen molar-refractivity contribution in [3.63, 3.8) is 0 Å². The van der Waals surface area contributed by atoms with Crippen LogP contribution in [0.25, 0.3) is 0 Å². The Morgan fingerprint density at radius 1 is 1.31 bits per heavy atom. The van der Waals surface area contributed by atoms with Crippen molar-refractivity contribution in [3.8, 4) is 0 Å². The van der Waals surface area contributed by atoms with Gasteiger partial charge in [0, 0.05) is 17.4 Å². The van der Waals surface area contributed by atoms with E-state index in [4.69, 9.17) is 0 Å². The van der Waals surface area contributed by atoms with Crippen molar-refractivity contribution in [1.82, 2.24) is 5.32 Å². The first-order valence-corrected chi connectivity index (χ1v) is 6.76. The maximum Gasteiger partial charge on any atom is 0.222 e. The lowest BCUT2D eigenvalue weighted by Gasteiger charge is -2.07. The van der Waals surface area contributed by atoms with Crippen LogP contribution in [0.4, 0.5) is 0 Å². The molecular formula is C13H19NOS. The largest absolute Gasteiger partial charge is 0.356 e. The summed E-state index contributed by atoms with van der Waals surface area (Å²) in [5, 5.41) is 2.92. The Morgan fingerprint density at radius 3 is 2.44 bits per heavy atom. The molecule has 0 spiro atoms. The van der Waals surface area contributed by atoms with Gasteiger partial charge in [-0.15, -0.1) is 11.8 Å². The zero-order chi connectivity index (χ0) is 12.0. The number of benzene rings is 1. The number of rotatable bonds is 5. The van der Waals surface area contributed by atoms with Crippen LogP contribution < -0.4 is 5.32 Å². The normalized spacial score (nSPS) is 10.5. The van der Waals surface area contributed by atoms with E-state index < -0.39 is 0 Å². The third-order valence-corrected chi connectivity index (χ3v) is 3.14. The van der Waals surface area contributed by atoms with Gasteiger partial charge in [-0.3, -0.25) is 4.79 Å². The quantitative estimate of drug-likeness (QED) is 0.798. The Morgan fingerprint density at radius 2 is 1.94 bits per heavy atom. The van der Waals surface area contributed by atoms with Gasteiger partial charge >= 0.3 is 0 Å². The van der Waals surface area contributed by atoms with Gasteiger partial charge in [-0.1, -0.05) is 26.0 Å². The van der Waals surface area contributed by atoms with Crippen molar-refractivity contribution in [2.45, 2.75) is 25.2 Å². The Kier molecular flexibility index (Phi) is 5.39. The van der Waals surface area contributed by atoms with Crippen LogP contribution in [0.2, 0.25) is 0 Å². The third kappa shape index (κ3) is 4.27. The molecule has 0 unspecified atom stereocenters. The monoisotopic (exact) mass is 237 g/mol. The van der Waals surface area contributed by atoms with Gasteiger partial charge in [-0.05, 0) is 30.4 Å². The number of carbonyl (C=O) groups is 1. The van der Waals surface area contributed by atoms with Gasteiger partial charge in [0.1, 0.15) is 0 Å². The van der Waals surface area contributed by atoms with Crippen LogP contribution in [-0.2, 0) is 11.2 Å². The Labute approximate surface area is 102 Å².